The van der Waals surface area contributed by atoms with Crippen LogP contribution in [0, 0.1) is 0 Å². The number of rotatable bonds is 3. The van der Waals surface area contributed by atoms with E-state index in [1.165, 1.54) is 10.1 Å². The standard InChI is InChI=1S/C13H11N3S/c1-5-14-13(15-6-1)9-16-11-2-3-12-10(8-11)4-7-17-12/h1-8,16H,9H2. The van der Waals surface area contributed by atoms with Crippen LogP contribution in [0.5, 0.6) is 0 Å². The van der Waals surface area contributed by atoms with E-state index in [0.29, 0.717) is 6.54 Å². The molecule has 0 unspecified atom stereocenters. The number of nitrogens with zero attached hydrogens (tertiary/aromatic N) is 2. The van der Waals surface area contributed by atoms with Crippen molar-refractivity contribution in [2.24, 2.45) is 0 Å². The molecule has 84 valence electrons. The molecule has 0 atom stereocenters. The van der Waals surface area contributed by atoms with Gasteiger partial charge in [-0.25, -0.2) is 9.97 Å². The monoisotopic (exact) mass is 241 g/mol. The lowest BCUT2D eigenvalue weighted by Crippen LogP contribution is -2.03. The Morgan fingerprint density at radius 1 is 1.12 bits per heavy atom. The number of hydrogen-bond acceptors (Lipinski definition) is 4. The van der Waals surface area contributed by atoms with Crippen molar-refractivity contribution in [3.63, 3.8) is 0 Å². The third kappa shape index (κ3) is 2.26. The Balaban J connectivity index is 1.76. The lowest BCUT2D eigenvalue weighted by Gasteiger charge is -2.05. The summed E-state index contributed by atoms with van der Waals surface area (Å²) in [7, 11) is 0. The summed E-state index contributed by atoms with van der Waals surface area (Å²) in [5.41, 5.74) is 1.10. The van der Waals surface area contributed by atoms with E-state index < -0.39 is 0 Å². The molecular weight excluding hydrogens is 230 g/mol. The van der Waals surface area contributed by atoms with Gasteiger partial charge >= 0.3 is 0 Å². The lowest BCUT2D eigenvalue weighted by molar-refractivity contribution is 0.949. The fraction of sp³-hybridized carbons (Fsp3) is 0.0769. The number of hydrogen-bond donors (Lipinski definition) is 1. The molecule has 2 heterocycles. The van der Waals surface area contributed by atoms with Crippen LogP contribution in [-0.4, -0.2) is 9.97 Å². The fourth-order valence-electron chi connectivity index (χ4n) is 1.68. The van der Waals surface area contributed by atoms with E-state index in [-0.39, 0.29) is 0 Å². The molecule has 0 saturated heterocycles. The van der Waals surface area contributed by atoms with E-state index in [9.17, 15) is 0 Å². The molecule has 3 nitrogen and oxygen atoms in total. The minimum absolute atomic E-state index is 0.649. The van der Waals surface area contributed by atoms with E-state index >= 15 is 0 Å². The molecule has 3 rings (SSSR count). The molecular formula is C13H11N3S. The molecule has 0 aliphatic rings. The van der Waals surface area contributed by atoms with Gasteiger partial charge in [-0.2, -0.15) is 0 Å². The zero-order valence-corrected chi connectivity index (χ0v) is 9.95. The second-order valence-corrected chi connectivity index (χ2v) is 4.64. The van der Waals surface area contributed by atoms with Crippen LogP contribution in [-0.2, 0) is 6.54 Å². The highest BCUT2D eigenvalue weighted by atomic mass is 32.1. The first-order valence-corrected chi connectivity index (χ1v) is 6.27. The summed E-state index contributed by atoms with van der Waals surface area (Å²) in [6.07, 6.45) is 3.51. The average molecular weight is 241 g/mol. The second kappa shape index (κ2) is 4.51. The van der Waals surface area contributed by atoms with Gasteiger partial charge in [-0.15, -0.1) is 11.3 Å². The molecule has 0 fully saturated rings. The van der Waals surface area contributed by atoms with Crippen molar-refractivity contribution >= 4 is 27.1 Å². The van der Waals surface area contributed by atoms with Crippen molar-refractivity contribution in [1.29, 1.82) is 0 Å². The van der Waals surface area contributed by atoms with E-state index in [1.54, 1.807) is 23.7 Å². The largest absolute Gasteiger partial charge is 0.378 e. The maximum Gasteiger partial charge on any atom is 0.147 e. The predicted molar refractivity (Wildman–Crippen MR) is 71.2 cm³/mol. The van der Waals surface area contributed by atoms with Gasteiger partial charge in [0, 0.05) is 22.8 Å². The van der Waals surface area contributed by atoms with Gasteiger partial charge < -0.3 is 5.32 Å². The highest BCUT2D eigenvalue weighted by Gasteiger charge is 1.98. The van der Waals surface area contributed by atoms with E-state index in [1.807, 2.05) is 6.07 Å². The van der Waals surface area contributed by atoms with Crippen LogP contribution < -0.4 is 5.32 Å². The van der Waals surface area contributed by atoms with Crippen molar-refractivity contribution in [2.45, 2.75) is 6.54 Å². The topological polar surface area (TPSA) is 37.8 Å². The van der Waals surface area contributed by atoms with Gasteiger partial charge in [-0.05, 0) is 41.1 Å². The summed E-state index contributed by atoms with van der Waals surface area (Å²) in [5, 5.41) is 6.70. The molecule has 0 aliphatic carbocycles. The predicted octanol–water partition coefficient (Wildman–Crippen LogP) is 3.30. The van der Waals surface area contributed by atoms with Gasteiger partial charge in [0.1, 0.15) is 5.82 Å². The molecule has 0 saturated carbocycles. The highest BCUT2D eigenvalue weighted by Crippen LogP contribution is 2.24. The zero-order chi connectivity index (χ0) is 11.5. The van der Waals surface area contributed by atoms with Crippen molar-refractivity contribution in [3.05, 3.63) is 53.9 Å². The van der Waals surface area contributed by atoms with Gasteiger partial charge in [0.2, 0.25) is 0 Å². The van der Waals surface area contributed by atoms with Gasteiger partial charge in [-0.1, -0.05) is 0 Å². The second-order valence-electron chi connectivity index (χ2n) is 3.69. The summed E-state index contributed by atoms with van der Waals surface area (Å²) in [4.78, 5) is 8.35. The molecule has 0 spiro atoms. The number of aromatic nitrogens is 2. The number of anilines is 1. The van der Waals surface area contributed by atoms with Gasteiger partial charge in [0.15, 0.2) is 0 Å². The number of thiophene rings is 1. The van der Waals surface area contributed by atoms with E-state index in [2.05, 4.69) is 44.9 Å². The van der Waals surface area contributed by atoms with Crippen LogP contribution in [0.2, 0.25) is 0 Å². The molecule has 0 amide bonds. The number of nitrogens with one attached hydrogen (secondary N) is 1. The first-order chi connectivity index (χ1) is 8.42. The third-order valence-corrected chi connectivity index (χ3v) is 3.42. The minimum Gasteiger partial charge on any atom is -0.378 e. The highest BCUT2D eigenvalue weighted by molar-refractivity contribution is 7.17. The maximum absolute atomic E-state index is 4.17. The Morgan fingerprint density at radius 2 is 2.00 bits per heavy atom. The van der Waals surface area contributed by atoms with Crippen molar-refractivity contribution in [2.75, 3.05) is 5.32 Å². The number of benzene rings is 1. The summed E-state index contributed by atoms with van der Waals surface area (Å²) < 4.78 is 1.31. The first-order valence-electron chi connectivity index (χ1n) is 5.39. The Labute approximate surface area is 103 Å². The quantitative estimate of drug-likeness (QED) is 0.764. The Kier molecular flexibility index (Phi) is 2.71. The summed E-state index contributed by atoms with van der Waals surface area (Å²) in [5.74, 6) is 0.804. The lowest BCUT2D eigenvalue weighted by atomic mass is 10.2. The van der Waals surface area contributed by atoms with Crippen LogP contribution in [0.25, 0.3) is 10.1 Å². The third-order valence-electron chi connectivity index (χ3n) is 2.52. The Hall–Kier alpha value is -1.94. The van der Waals surface area contributed by atoms with Gasteiger partial charge in [-0.3, -0.25) is 0 Å². The minimum atomic E-state index is 0.649. The molecule has 1 aromatic carbocycles. The molecule has 2 aromatic heterocycles. The van der Waals surface area contributed by atoms with Crippen molar-refractivity contribution < 1.29 is 0 Å². The van der Waals surface area contributed by atoms with Crippen LogP contribution in [0.4, 0.5) is 5.69 Å². The van der Waals surface area contributed by atoms with Gasteiger partial charge in [0.05, 0.1) is 6.54 Å². The van der Waals surface area contributed by atoms with Crippen molar-refractivity contribution in [3.8, 4) is 0 Å². The summed E-state index contributed by atoms with van der Waals surface area (Å²) in [6, 6.07) is 10.3. The Morgan fingerprint density at radius 3 is 2.88 bits per heavy atom. The molecule has 1 N–H and O–H groups in total. The van der Waals surface area contributed by atoms with Crippen LogP contribution in [0.3, 0.4) is 0 Å². The molecule has 0 radical (unpaired) electrons. The van der Waals surface area contributed by atoms with Crippen LogP contribution in [0.1, 0.15) is 5.82 Å². The normalized spacial score (nSPS) is 10.6. The van der Waals surface area contributed by atoms with Crippen LogP contribution in [0.15, 0.2) is 48.1 Å². The Bertz CT molecular complexity index is 619. The first kappa shape index (κ1) is 10.2. The van der Waals surface area contributed by atoms with Crippen molar-refractivity contribution in [1.82, 2.24) is 9.97 Å². The molecule has 4 heteroatoms. The van der Waals surface area contributed by atoms with E-state index in [4.69, 9.17) is 0 Å². The average Bonchev–Trinajstić information content (AvgIpc) is 2.85. The number of fused-ring (bicyclic) bond motifs is 1. The summed E-state index contributed by atoms with van der Waals surface area (Å²) >= 11 is 1.76. The molecule has 3 aromatic rings. The fourth-order valence-corrected chi connectivity index (χ4v) is 2.45. The molecule has 17 heavy (non-hydrogen) atoms. The molecule has 0 bridgehead atoms. The molecule has 0 aliphatic heterocycles. The SMILES string of the molecule is c1cnc(CNc2ccc3sccc3c2)nc1. The zero-order valence-electron chi connectivity index (χ0n) is 9.13. The summed E-state index contributed by atoms with van der Waals surface area (Å²) in [6.45, 7) is 0.649. The maximum atomic E-state index is 4.17. The van der Waals surface area contributed by atoms with Gasteiger partial charge in [0.25, 0.3) is 0 Å². The smallest absolute Gasteiger partial charge is 0.147 e. The van der Waals surface area contributed by atoms with E-state index in [0.717, 1.165) is 11.5 Å². The van der Waals surface area contributed by atoms with Crippen LogP contribution >= 0.6 is 11.3 Å².